The summed E-state index contributed by atoms with van der Waals surface area (Å²) in [7, 11) is 0. The Balaban J connectivity index is 1.92. The molecule has 1 aliphatic heterocycles. The zero-order chi connectivity index (χ0) is 13.9. The molecule has 0 saturated heterocycles. The first-order valence-electron chi connectivity index (χ1n) is 8.37. The topological polar surface area (TPSA) is 37.8 Å². The molecule has 2 unspecified atom stereocenters. The highest BCUT2D eigenvalue weighted by molar-refractivity contribution is 5.29. The SMILES string of the molecule is CCCc1nc(C2CCCC(C)C2)nc2c1CCNC2. The van der Waals surface area contributed by atoms with Gasteiger partial charge in [-0.15, -0.1) is 0 Å². The molecule has 0 radical (unpaired) electrons. The number of fused-ring (bicyclic) bond motifs is 1. The van der Waals surface area contributed by atoms with E-state index in [2.05, 4.69) is 19.2 Å². The van der Waals surface area contributed by atoms with Gasteiger partial charge in [-0.05, 0) is 43.7 Å². The normalized spacial score (nSPS) is 26.3. The molecule has 0 spiro atoms. The predicted octanol–water partition coefficient (Wildman–Crippen LogP) is 3.37. The minimum atomic E-state index is 0.599. The van der Waals surface area contributed by atoms with Crippen molar-refractivity contribution >= 4 is 0 Å². The van der Waals surface area contributed by atoms with E-state index in [1.807, 2.05) is 0 Å². The van der Waals surface area contributed by atoms with Crippen molar-refractivity contribution < 1.29 is 0 Å². The molecule has 3 heteroatoms. The van der Waals surface area contributed by atoms with Gasteiger partial charge in [0.25, 0.3) is 0 Å². The summed E-state index contributed by atoms with van der Waals surface area (Å²) < 4.78 is 0. The van der Waals surface area contributed by atoms with Crippen LogP contribution in [-0.2, 0) is 19.4 Å². The van der Waals surface area contributed by atoms with Crippen LogP contribution < -0.4 is 5.32 Å². The molecule has 1 aromatic rings. The van der Waals surface area contributed by atoms with Crippen LogP contribution in [0.25, 0.3) is 0 Å². The molecule has 0 bridgehead atoms. The fourth-order valence-electron chi connectivity index (χ4n) is 3.75. The Kier molecular flexibility index (Phi) is 4.35. The third-order valence-electron chi connectivity index (χ3n) is 4.83. The predicted molar refractivity (Wildman–Crippen MR) is 81.8 cm³/mol. The van der Waals surface area contributed by atoms with Crippen molar-refractivity contribution in [2.45, 2.75) is 71.3 Å². The summed E-state index contributed by atoms with van der Waals surface area (Å²) in [5, 5.41) is 3.46. The van der Waals surface area contributed by atoms with Crippen molar-refractivity contribution in [1.29, 1.82) is 0 Å². The van der Waals surface area contributed by atoms with Gasteiger partial charge >= 0.3 is 0 Å². The summed E-state index contributed by atoms with van der Waals surface area (Å²) in [5.74, 6) is 2.57. The van der Waals surface area contributed by atoms with E-state index in [1.165, 1.54) is 49.1 Å². The molecule has 3 nitrogen and oxygen atoms in total. The largest absolute Gasteiger partial charge is 0.311 e. The maximum absolute atomic E-state index is 5.00. The van der Waals surface area contributed by atoms with Gasteiger partial charge in [0, 0.05) is 18.2 Å². The highest BCUT2D eigenvalue weighted by Gasteiger charge is 2.25. The molecule has 2 heterocycles. The van der Waals surface area contributed by atoms with Crippen LogP contribution in [0.15, 0.2) is 0 Å². The Morgan fingerprint density at radius 2 is 2.15 bits per heavy atom. The Morgan fingerprint density at radius 3 is 2.95 bits per heavy atom. The summed E-state index contributed by atoms with van der Waals surface area (Å²) in [6, 6.07) is 0. The lowest BCUT2D eigenvalue weighted by molar-refractivity contribution is 0.333. The van der Waals surface area contributed by atoms with Crippen LogP contribution in [0, 0.1) is 5.92 Å². The third kappa shape index (κ3) is 2.88. The van der Waals surface area contributed by atoms with Crippen LogP contribution in [0.1, 0.15) is 74.6 Å². The Bertz CT molecular complexity index is 470. The Morgan fingerprint density at radius 1 is 1.25 bits per heavy atom. The number of rotatable bonds is 3. The maximum atomic E-state index is 5.00. The van der Waals surface area contributed by atoms with E-state index in [9.17, 15) is 0 Å². The molecule has 1 N–H and O–H groups in total. The van der Waals surface area contributed by atoms with Gasteiger partial charge in [0.05, 0.1) is 5.69 Å². The van der Waals surface area contributed by atoms with Crippen LogP contribution in [0.4, 0.5) is 0 Å². The van der Waals surface area contributed by atoms with E-state index in [4.69, 9.17) is 9.97 Å². The van der Waals surface area contributed by atoms with Gasteiger partial charge < -0.3 is 5.32 Å². The van der Waals surface area contributed by atoms with E-state index in [0.717, 1.165) is 37.7 Å². The molecule has 0 amide bonds. The van der Waals surface area contributed by atoms with Crippen molar-refractivity contribution in [1.82, 2.24) is 15.3 Å². The number of nitrogens with zero attached hydrogens (tertiary/aromatic N) is 2. The number of aryl methyl sites for hydroxylation is 1. The van der Waals surface area contributed by atoms with E-state index in [1.54, 1.807) is 0 Å². The van der Waals surface area contributed by atoms with Crippen molar-refractivity contribution in [2.24, 2.45) is 5.92 Å². The molecular formula is C17H27N3. The summed E-state index contributed by atoms with van der Waals surface area (Å²) in [4.78, 5) is 9.94. The molecule has 3 rings (SSSR count). The first-order chi connectivity index (χ1) is 9.78. The molecule has 1 aliphatic carbocycles. The van der Waals surface area contributed by atoms with Gasteiger partial charge in [-0.1, -0.05) is 33.1 Å². The first-order valence-corrected chi connectivity index (χ1v) is 8.37. The number of aromatic nitrogens is 2. The zero-order valence-electron chi connectivity index (χ0n) is 12.9. The average Bonchev–Trinajstić information content (AvgIpc) is 2.47. The van der Waals surface area contributed by atoms with E-state index < -0.39 is 0 Å². The number of nitrogens with one attached hydrogen (secondary N) is 1. The van der Waals surface area contributed by atoms with Crippen LogP contribution in [-0.4, -0.2) is 16.5 Å². The molecule has 2 atom stereocenters. The standard InChI is InChI=1S/C17H27N3/c1-3-5-15-14-8-9-18-11-16(14)20-17(19-15)13-7-4-6-12(2)10-13/h12-13,18H,3-11H2,1-2H3. The molecular weight excluding hydrogens is 246 g/mol. The molecule has 1 fully saturated rings. The quantitative estimate of drug-likeness (QED) is 0.917. The third-order valence-corrected chi connectivity index (χ3v) is 4.83. The summed E-state index contributed by atoms with van der Waals surface area (Å²) in [5.41, 5.74) is 4.06. The highest BCUT2D eigenvalue weighted by atomic mass is 15.0. The fourth-order valence-corrected chi connectivity index (χ4v) is 3.75. The van der Waals surface area contributed by atoms with Crippen LogP contribution in [0.3, 0.4) is 0 Å². The fraction of sp³-hybridized carbons (Fsp3) is 0.765. The minimum absolute atomic E-state index is 0.599. The minimum Gasteiger partial charge on any atom is -0.311 e. The second kappa shape index (κ2) is 6.21. The van der Waals surface area contributed by atoms with Crippen LogP contribution >= 0.6 is 0 Å². The van der Waals surface area contributed by atoms with Crippen molar-refractivity contribution in [3.05, 3.63) is 22.8 Å². The lowest BCUT2D eigenvalue weighted by Crippen LogP contribution is -2.28. The number of hydrogen-bond donors (Lipinski definition) is 1. The number of hydrogen-bond acceptors (Lipinski definition) is 3. The van der Waals surface area contributed by atoms with Crippen LogP contribution in [0.5, 0.6) is 0 Å². The lowest BCUT2D eigenvalue weighted by atomic mass is 9.82. The summed E-state index contributed by atoms with van der Waals surface area (Å²) in [6.45, 7) is 6.63. The molecule has 1 saturated carbocycles. The van der Waals surface area contributed by atoms with Crippen molar-refractivity contribution in [3.63, 3.8) is 0 Å². The second-order valence-corrected chi connectivity index (χ2v) is 6.60. The van der Waals surface area contributed by atoms with Gasteiger partial charge in [-0.3, -0.25) is 0 Å². The molecule has 0 aromatic carbocycles. The smallest absolute Gasteiger partial charge is 0.132 e. The van der Waals surface area contributed by atoms with E-state index in [-0.39, 0.29) is 0 Å². The highest BCUT2D eigenvalue weighted by Crippen LogP contribution is 2.35. The Labute approximate surface area is 122 Å². The maximum Gasteiger partial charge on any atom is 0.132 e. The van der Waals surface area contributed by atoms with Gasteiger partial charge in [0.15, 0.2) is 0 Å². The first kappa shape index (κ1) is 14.0. The van der Waals surface area contributed by atoms with Crippen molar-refractivity contribution in [3.8, 4) is 0 Å². The van der Waals surface area contributed by atoms with Crippen LogP contribution in [0.2, 0.25) is 0 Å². The Hall–Kier alpha value is -0.960. The summed E-state index contributed by atoms with van der Waals surface area (Å²) >= 11 is 0. The summed E-state index contributed by atoms with van der Waals surface area (Å²) in [6.07, 6.45) is 8.67. The van der Waals surface area contributed by atoms with E-state index in [0.29, 0.717) is 5.92 Å². The monoisotopic (exact) mass is 273 g/mol. The van der Waals surface area contributed by atoms with E-state index >= 15 is 0 Å². The van der Waals surface area contributed by atoms with Gasteiger partial charge in [0.2, 0.25) is 0 Å². The second-order valence-electron chi connectivity index (χ2n) is 6.60. The molecule has 1 aromatic heterocycles. The van der Waals surface area contributed by atoms with Gasteiger partial charge in [-0.25, -0.2) is 9.97 Å². The van der Waals surface area contributed by atoms with Crippen molar-refractivity contribution in [2.75, 3.05) is 6.54 Å². The van der Waals surface area contributed by atoms with Gasteiger partial charge in [-0.2, -0.15) is 0 Å². The molecule has 20 heavy (non-hydrogen) atoms. The lowest BCUT2D eigenvalue weighted by Gasteiger charge is -2.27. The molecule has 2 aliphatic rings. The van der Waals surface area contributed by atoms with Gasteiger partial charge in [0.1, 0.15) is 5.82 Å². The molecule has 110 valence electrons. The average molecular weight is 273 g/mol. The zero-order valence-corrected chi connectivity index (χ0v) is 12.9.